The van der Waals surface area contributed by atoms with E-state index in [0.29, 0.717) is 6.10 Å². The summed E-state index contributed by atoms with van der Waals surface area (Å²) in [5.41, 5.74) is 1.68. The van der Waals surface area contributed by atoms with E-state index in [1.165, 1.54) is 12.8 Å². The highest BCUT2D eigenvalue weighted by molar-refractivity contribution is 7.98. The van der Waals surface area contributed by atoms with Gasteiger partial charge in [-0.15, -0.1) is 11.8 Å². The van der Waals surface area contributed by atoms with Crippen LogP contribution in [0.3, 0.4) is 0 Å². The molecule has 2 rings (SSSR count). The number of hydrogen-bond donors (Lipinski definition) is 1. The summed E-state index contributed by atoms with van der Waals surface area (Å²) in [4.78, 5) is 1.03. The maximum absolute atomic E-state index is 9.25. The molecule has 0 radical (unpaired) electrons. The second kappa shape index (κ2) is 7.42. The van der Waals surface area contributed by atoms with Crippen molar-refractivity contribution >= 4 is 17.4 Å². The third-order valence-corrected chi connectivity index (χ3v) is 4.19. The fourth-order valence-electron chi connectivity index (χ4n) is 2.37. The van der Waals surface area contributed by atoms with E-state index in [-0.39, 0.29) is 0 Å². The number of ether oxygens (including phenoxy) is 1. The summed E-state index contributed by atoms with van der Waals surface area (Å²) in [6, 6.07) is 8.24. The first-order chi connectivity index (χ1) is 9.35. The van der Waals surface area contributed by atoms with Crippen LogP contribution in [0.15, 0.2) is 23.1 Å². The molecule has 3 nitrogen and oxygen atoms in total. The molecule has 1 aliphatic heterocycles. The number of nitriles is 1. The summed E-state index contributed by atoms with van der Waals surface area (Å²) in [5, 5.41) is 12.6. The van der Waals surface area contributed by atoms with E-state index in [2.05, 4.69) is 11.4 Å². The van der Waals surface area contributed by atoms with Crippen molar-refractivity contribution in [1.29, 1.82) is 5.26 Å². The van der Waals surface area contributed by atoms with Crippen LogP contribution < -0.4 is 5.32 Å². The Bertz CT molecular complexity index is 450. The highest BCUT2D eigenvalue weighted by atomic mass is 32.2. The van der Waals surface area contributed by atoms with E-state index in [9.17, 15) is 5.26 Å². The van der Waals surface area contributed by atoms with Gasteiger partial charge in [0, 0.05) is 18.0 Å². The minimum absolute atomic E-state index is 0.385. The summed E-state index contributed by atoms with van der Waals surface area (Å²) in [5.74, 6) is 0. The third kappa shape index (κ3) is 3.89. The first-order valence-electron chi connectivity index (χ1n) is 6.77. The molecule has 0 saturated carbocycles. The number of benzene rings is 1. The average Bonchev–Trinajstić information content (AvgIpc) is 2.48. The monoisotopic (exact) mass is 276 g/mol. The number of rotatable bonds is 5. The standard InChI is InChI=1S/C15H20N2OS/c1-19-15-7-4-6-14(13(15)11-16)17-9-8-12-5-2-3-10-18-12/h4,6-7,12,17H,2-3,5,8-10H2,1H3. The third-order valence-electron chi connectivity index (χ3n) is 3.41. The van der Waals surface area contributed by atoms with Gasteiger partial charge < -0.3 is 10.1 Å². The minimum Gasteiger partial charge on any atom is -0.384 e. The molecule has 1 atom stereocenters. The van der Waals surface area contributed by atoms with Gasteiger partial charge in [-0.2, -0.15) is 5.26 Å². The van der Waals surface area contributed by atoms with Gasteiger partial charge in [0.1, 0.15) is 6.07 Å². The summed E-state index contributed by atoms with van der Waals surface area (Å²) in [6.45, 7) is 1.76. The number of hydrogen-bond acceptors (Lipinski definition) is 4. The zero-order chi connectivity index (χ0) is 13.5. The molecule has 1 saturated heterocycles. The van der Waals surface area contributed by atoms with Crippen LogP contribution in [0.5, 0.6) is 0 Å². The van der Waals surface area contributed by atoms with Crippen LogP contribution in [0.25, 0.3) is 0 Å². The molecule has 1 N–H and O–H groups in total. The molecular weight excluding hydrogens is 256 g/mol. The van der Waals surface area contributed by atoms with Crippen molar-refractivity contribution in [3.05, 3.63) is 23.8 Å². The lowest BCUT2D eigenvalue weighted by molar-refractivity contribution is 0.0134. The number of thioether (sulfide) groups is 1. The van der Waals surface area contributed by atoms with Gasteiger partial charge in [-0.05, 0) is 44.1 Å². The van der Waals surface area contributed by atoms with Crippen LogP contribution in [-0.4, -0.2) is 25.5 Å². The lowest BCUT2D eigenvalue weighted by atomic mass is 10.1. The smallest absolute Gasteiger partial charge is 0.102 e. The van der Waals surface area contributed by atoms with Crippen molar-refractivity contribution in [3.8, 4) is 6.07 Å². The maximum atomic E-state index is 9.25. The van der Waals surface area contributed by atoms with Gasteiger partial charge in [-0.25, -0.2) is 0 Å². The van der Waals surface area contributed by atoms with Gasteiger partial charge in [0.25, 0.3) is 0 Å². The lowest BCUT2D eigenvalue weighted by Crippen LogP contribution is -2.22. The van der Waals surface area contributed by atoms with Crippen molar-refractivity contribution in [2.24, 2.45) is 0 Å². The van der Waals surface area contributed by atoms with Crippen LogP contribution in [0.4, 0.5) is 5.69 Å². The summed E-state index contributed by atoms with van der Waals surface area (Å²) in [7, 11) is 0. The van der Waals surface area contributed by atoms with Crippen molar-refractivity contribution in [1.82, 2.24) is 0 Å². The molecule has 1 heterocycles. The molecule has 0 bridgehead atoms. The molecule has 0 aliphatic carbocycles. The largest absolute Gasteiger partial charge is 0.384 e. The second-order valence-electron chi connectivity index (χ2n) is 4.70. The molecule has 4 heteroatoms. The minimum atomic E-state index is 0.385. The normalized spacial score (nSPS) is 18.8. The van der Waals surface area contributed by atoms with Crippen LogP contribution in [-0.2, 0) is 4.74 Å². The van der Waals surface area contributed by atoms with Crippen LogP contribution in [0.2, 0.25) is 0 Å². The zero-order valence-electron chi connectivity index (χ0n) is 11.3. The van der Waals surface area contributed by atoms with Crippen LogP contribution in [0.1, 0.15) is 31.2 Å². The lowest BCUT2D eigenvalue weighted by Gasteiger charge is -2.22. The van der Waals surface area contributed by atoms with Crippen molar-refractivity contribution < 1.29 is 4.74 Å². The van der Waals surface area contributed by atoms with Crippen molar-refractivity contribution in [2.75, 3.05) is 24.7 Å². The van der Waals surface area contributed by atoms with E-state index in [1.807, 2.05) is 24.5 Å². The second-order valence-corrected chi connectivity index (χ2v) is 5.55. The predicted octanol–water partition coefficient (Wildman–Crippen LogP) is 3.65. The zero-order valence-corrected chi connectivity index (χ0v) is 12.1. The van der Waals surface area contributed by atoms with Crippen LogP contribution >= 0.6 is 11.8 Å². The Morgan fingerprint density at radius 3 is 3.05 bits per heavy atom. The van der Waals surface area contributed by atoms with Gasteiger partial charge in [-0.3, -0.25) is 0 Å². The van der Waals surface area contributed by atoms with E-state index < -0.39 is 0 Å². The highest BCUT2D eigenvalue weighted by Gasteiger charge is 2.13. The van der Waals surface area contributed by atoms with Crippen molar-refractivity contribution in [3.63, 3.8) is 0 Å². The maximum Gasteiger partial charge on any atom is 0.102 e. The summed E-state index contributed by atoms with van der Waals surface area (Å²) >= 11 is 1.61. The summed E-state index contributed by atoms with van der Waals surface area (Å²) in [6.07, 6.45) is 7.02. The molecule has 0 aromatic heterocycles. The number of anilines is 1. The van der Waals surface area contributed by atoms with Gasteiger partial charge in [0.15, 0.2) is 0 Å². The fraction of sp³-hybridized carbons (Fsp3) is 0.533. The topological polar surface area (TPSA) is 45.0 Å². The van der Waals surface area contributed by atoms with E-state index in [4.69, 9.17) is 4.74 Å². The molecule has 1 fully saturated rings. The van der Waals surface area contributed by atoms with Crippen LogP contribution in [0, 0.1) is 11.3 Å². The quantitative estimate of drug-likeness (QED) is 0.834. The molecule has 1 aliphatic rings. The Morgan fingerprint density at radius 1 is 1.47 bits per heavy atom. The molecule has 0 spiro atoms. The Labute approximate surface area is 119 Å². The van der Waals surface area contributed by atoms with Crippen molar-refractivity contribution in [2.45, 2.75) is 36.7 Å². The first-order valence-corrected chi connectivity index (χ1v) is 8.00. The molecular formula is C15H20N2OS. The van der Waals surface area contributed by atoms with Gasteiger partial charge in [0.2, 0.25) is 0 Å². The van der Waals surface area contributed by atoms with E-state index in [0.717, 1.165) is 42.1 Å². The number of nitrogens with one attached hydrogen (secondary N) is 1. The van der Waals surface area contributed by atoms with Gasteiger partial charge >= 0.3 is 0 Å². The fourth-order valence-corrected chi connectivity index (χ4v) is 2.94. The molecule has 102 valence electrons. The van der Waals surface area contributed by atoms with Gasteiger partial charge in [0.05, 0.1) is 17.4 Å². The molecule has 1 aromatic carbocycles. The Hall–Kier alpha value is -1.18. The molecule has 1 unspecified atom stereocenters. The summed E-state index contributed by atoms with van der Waals surface area (Å²) < 4.78 is 5.71. The average molecular weight is 276 g/mol. The first kappa shape index (κ1) is 14.2. The number of nitrogens with zero attached hydrogens (tertiary/aromatic N) is 1. The Balaban J connectivity index is 1.90. The molecule has 19 heavy (non-hydrogen) atoms. The van der Waals surface area contributed by atoms with E-state index in [1.54, 1.807) is 11.8 Å². The Kier molecular flexibility index (Phi) is 5.56. The van der Waals surface area contributed by atoms with E-state index >= 15 is 0 Å². The van der Waals surface area contributed by atoms with Gasteiger partial charge in [-0.1, -0.05) is 6.07 Å². The highest BCUT2D eigenvalue weighted by Crippen LogP contribution is 2.26. The predicted molar refractivity (Wildman–Crippen MR) is 79.6 cm³/mol. The Morgan fingerprint density at radius 2 is 2.37 bits per heavy atom. The SMILES string of the molecule is CSc1cccc(NCCC2CCCCO2)c1C#N. The molecule has 0 amide bonds. The molecule has 1 aromatic rings.